The first-order chi connectivity index (χ1) is 15.3. The molecule has 2 aliphatic heterocycles. The Morgan fingerprint density at radius 1 is 1.16 bits per heavy atom. The van der Waals surface area contributed by atoms with Gasteiger partial charge in [-0.3, -0.25) is 0 Å². The van der Waals surface area contributed by atoms with E-state index in [4.69, 9.17) is 9.73 Å². The molecule has 2 aromatic rings. The van der Waals surface area contributed by atoms with Gasteiger partial charge in [-0.25, -0.2) is 9.98 Å². The highest BCUT2D eigenvalue weighted by atomic mass is 32.2. The maximum Gasteiger partial charge on any atom is 0.194 e. The molecule has 6 nitrogen and oxygen atoms in total. The van der Waals surface area contributed by atoms with Crippen LogP contribution >= 0.6 is 11.8 Å². The van der Waals surface area contributed by atoms with E-state index >= 15 is 0 Å². The van der Waals surface area contributed by atoms with Gasteiger partial charge in [0.2, 0.25) is 0 Å². The van der Waals surface area contributed by atoms with Gasteiger partial charge in [-0.2, -0.15) is 0 Å². The highest BCUT2D eigenvalue weighted by Gasteiger charge is 2.25. The van der Waals surface area contributed by atoms with Crippen molar-refractivity contribution in [3.05, 3.63) is 54.2 Å². The van der Waals surface area contributed by atoms with Crippen molar-refractivity contribution < 1.29 is 4.74 Å². The van der Waals surface area contributed by atoms with Crippen LogP contribution in [-0.2, 0) is 11.3 Å². The Morgan fingerprint density at radius 3 is 2.81 bits per heavy atom. The Balaban J connectivity index is 1.38. The lowest BCUT2D eigenvalue weighted by molar-refractivity contribution is 0.122. The first kappa shape index (κ1) is 22.0. The molecule has 0 radical (unpaired) electrons. The summed E-state index contributed by atoms with van der Waals surface area (Å²) in [5.41, 5.74) is 1.18. The number of rotatable bonds is 7. The largest absolute Gasteiger partial charge is 0.378 e. The lowest BCUT2D eigenvalue weighted by Crippen LogP contribution is -2.40. The second-order valence-corrected chi connectivity index (χ2v) is 9.07. The van der Waals surface area contributed by atoms with Gasteiger partial charge in [0, 0.05) is 55.1 Å². The second-order valence-electron chi connectivity index (χ2n) is 7.98. The quantitative estimate of drug-likeness (QED) is 0.405. The number of thioether (sulfide) groups is 1. The lowest BCUT2D eigenvalue weighted by atomic mass is 10.2. The van der Waals surface area contributed by atoms with Gasteiger partial charge in [-0.05, 0) is 37.5 Å². The van der Waals surface area contributed by atoms with Crippen LogP contribution in [0.25, 0.3) is 0 Å². The maximum absolute atomic E-state index is 5.50. The topological polar surface area (TPSA) is 53.0 Å². The molecule has 7 heteroatoms. The average molecular weight is 440 g/mol. The second kappa shape index (κ2) is 11.4. The zero-order chi connectivity index (χ0) is 21.3. The number of pyridine rings is 1. The SMILES string of the molecule is CCNC(=NCc1cccnc1N1CCOCC1)N1CCC(CSc2ccccc2)C1. The van der Waals surface area contributed by atoms with Gasteiger partial charge >= 0.3 is 0 Å². The third-order valence-electron chi connectivity index (χ3n) is 5.73. The van der Waals surface area contributed by atoms with Crippen molar-refractivity contribution in [2.45, 2.75) is 24.8 Å². The number of likely N-dealkylation sites (tertiary alicyclic amines) is 1. The van der Waals surface area contributed by atoms with Gasteiger partial charge in [-0.1, -0.05) is 24.3 Å². The molecule has 31 heavy (non-hydrogen) atoms. The number of aliphatic imine (C=N–C) groups is 1. The van der Waals surface area contributed by atoms with Crippen molar-refractivity contribution in [3.63, 3.8) is 0 Å². The summed E-state index contributed by atoms with van der Waals surface area (Å²) in [6.45, 7) is 9.09. The van der Waals surface area contributed by atoms with Gasteiger partial charge in [0.1, 0.15) is 5.82 Å². The summed E-state index contributed by atoms with van der Waals surface area (Å²) in [6.07, 6.45) is 3.09. The molecule has 0 saturated carbocycles. The normalized spacial score (nSPS) is 19.6. The van der Waals surface area contributed by atoms with E-state index in [1.165, 1.54) is 16.9 Å². The number of nitrogens with zero attached hydrogens (tertiary/aromatic N) is 4. The summed E-state index contributed by atoms with van der Waals surface area (Å²) in [6, 6.07) is 14.9. The van der Waals surface area contributed by atoms with Crippen molar-refractivity contribution in [2.75, 3.05) is 56.6 Å². The molecule has 0 aliphatic carbocycles. The summed E-state index contributed by atoms with van der Waals surface area (Å²) in [5, 5.41) is 3.50. The van der Waals surface area contributed by atoms with Crippen LogP contribution in [-0.4, -0.2) is 67.5 Å². The van der Waals surface area contributed by atoms with Crippen LogP contribution in [0.15, 0.2) is 58.5 Å². The molecule has 1 unspecified atom stereocenters. The van der Waals surface area contributed by atoms with Crippen molar-refractivity contribution in [1.29, 1.82) is 0 Å². The number of hydrogen-bond donors (Lipinski definition) is 1. The smallest absolute Gasteiger partial charge is 0.194 e. The minimum atomic E-state index is 0.642. The molecule has 2 saturated heterocycles. The monoisotopic (exact) mass is 439 g/mol. The molecule has 166 valence electrons. The summed E-state index contributed by atoms with van der Waals surface area (Å²) in [5.74, 6) is 3.91. The molecule has 2 aliphatic rings. The Morgan fingerprint density at radius 2 is 2.00 bits per heavy atom. The van der Waals surface area contributed by atoms with E-state index in [1.807, 2.05) is 24.0 Å². The molecule has 1 aromatic heterocycles. The fourth-order valence-corrected chi connectivity index (χ4v) is 5.14. The minimum absolute atomic E-state index is 0.642. The van der Waals surface area contributed by atoms with E-state index < -0.39 is 0 Å². The third-order valence-corrected chi connectivity index (χ3v) is 6.97. The van der Waals surface area contributed by atoms with E-state index in [9.17, 15) is 0 Å². The third kappa shape index (κ3) is 6.14. The molecule has 4 rings (SSSR count). The molecule has 0 amide bonds. The van der Waals surface area contributed by atoms with Crippen molar-refractivity contribution in [1.82, 2.24) is 15.2 Å². The van der Waals surface area contributed by atoms with Gasteiger partial charge in [0.05, 0.1) is 19.8 Å². The maximum atomic E-state index is 5.50. The van der Waals surface area contributed by atoms with Crippen LogP contribution in [0.1, 0.15) is 18.9 Å². The van der Waals surface area contributed by atoms with Gasteiger partial charge in [-0.15, -0.1) is 11.8 Å². The Kier molecular flexibility index (Phi) is 8.07. The van der Waals surface area contributed by atoms with Crippen LogP contribution < -0.4 is 10.2 Å². The lowest BCUT2D eigenvalue weighted by Gasteiger charge is -2.29. The number of anilines is 1. The highest BCUT2D eigenvalue weighted by molar-refractivity contribution is 7.99. The molecular formula is C24H33N5OS. The van der Waals surface area contributed by atoms with Gasteiger partial charge in [0.25, 0.3) is 0 Å². The van der Waals surface area contributed by atoms with Crippen molar-refractivity contribution in [2.24, 2.45) is 10.9 Å². The van der Waals surface area contributed by atoms with Crippen molar-refractivity contribution >= 4 is 23.5 Å². The number of guanidine groups is 1. The summed E-state index contributed by atoms with van der Waals surface area (Å²) in [7, 11) is 0. The van der Waals surface area contributed by atoms with Crippen LogP contribution in [0.2, 0.25) is 0 Å². The van der Waals surface area contributed by atoms with Gasteiger partial charge < -0.3 is 19.9 Å². The number of ether oxygens (including phenoxy) is 1. The molecular weight excluding hydrogens is 406 g/mol. The van der Waals surface area contributed by atoms with E-state index in [2.05, 4.69) is 63.4 Å². The van der Waals surface area contributed by atoms with Crippen LogP contribution in [0.3, 0.4) is 0 Å². The number of benzene rings is 1. The molecule has 0 spiro atoms. The molecule has 1 aromatic carbocycles. The average Bonchev–Trinajstić information content (AvgIpc) is 3.31. The first-order valence-electron chi connectivity index (χ1n) is 11.3. The zero-order valence-electron chi connectivity index (χ0n) is 18.4. The van der Waals surface area contributed by atoms with E-state index in [0.717, 1.165) is 63.5 Å². The predicted octanol–water partition coefficient (Wildman–Crippen LogP) is 3.50. The summed E-state index contributed by atoms with van der Waals surface area (Å²) in [4.78, 5) is 15.7. The first-order valence-corrected chi connectivity index (χ1v) is 12.3. The number of nitrogens with one attached hydrogen (secondary N) is 1. The Hall–Kier alpha value is -2.25. The van der Waals surface area contributed by atoms with E-state index in [-0.39, 0.29) is 0 Å². The van der Waals surface area contributed by atoms with Crippen LogP contribution in [0.5, 0.6) is 0 Å². The van der Waals surface area contributed by atoms with E-state index in [0.29, 0.717) is 12.5 Å². The minimum Gasteiger partial charge on any atom is -0.378 e. The molecule has 1 atom stereocenters. The fraction of sp³-hybridized carbons (Fsp3) is 0.500. The predicted molar refractivity (Wildman–Crippen MR) is 129 cm³/mol. The fourth-order valence-electron chi connectivity index (χ4n) is 4.09. The molecule has 1 N–H and O–H groups in total. The zero-order valence-corrected chi connectivity index (χ0v) is 19.2. The van der Waals surface area contributed by atoms with Crippen LogP contribution in [0, 0.1) is 5.92 Å². The highest BCUT2D eigenvalue weighted by Crippen LogP contribution is 2.26. The van der Waals surface area contributed by atoms with Gasteiger partial charge in [0.15, 0.2) is 5.96 Å². The number of aromatic nitrogens is 1. The number of hydrogen-bond acceptors (Lipinski definition) is 5. The Bertz CT molecular complexity index is 841. The molecule has 0 bridgehead atoms. The van der Waals surface area contributed by atoms with Crippen LogP contribution in [0.4, 0.5) is 5.82 Å². The number of morpholine rings is 1. The summed E-state index contributed by atoms with van der Waals surface area (Å²) < 4.78 is 5.50. The van der Waals surface area contributed by atoms with E-state index in [1.54, 1.807) is 0 Å². The standard InChI is InChI=1S/C24H33N5OS/c1-2-25-24(29-12-10-20(18-29)19-31-22-8-4-3-5-9-22)27-17-21-7-6-11-26-23(21)28-13-15-30-16-14-28/h3-9,11,20H,2,10,12-19H2,1H3,(H,25,27). The molecule has 3 heterocycles. The van der Waals surface area contributed by atoms with Crippen molar-refractivity contribution in [3.8, 4) is 0 Å². The Labute approximate surface area is 190 Å². The summed E-state index contributed by atoms with van der Waals surface area (Å²) >= 11 is 1.96. The molecule has 2 fully saturated rings.